The van der Waals surface area contributed by atoms with Crippen LogP contribution in [-0.4, -0.2) is 47.1 Å². The van der Waals surface area contributed by atoms with Gasteiger partial charge >= 0.3 is 12.0 Å². The van der Waals surface area contributed by atoms with Crippen LogP contribution in [0.15, 0.2) is 24.3 Å². The number of carbonyl (C=O) groups excluding carboxylic acids is 3. The third-order valence-corrected chi connectivity index (χ3v) is 2.86. The van der Waals surface area contributed by atoms with Gasteiger partial charge in [-0.15, -0.1) is 0 Å². The second-order valence-electron chi connectivity index (χ2n) is 4.32. The first kappa shape index (κ1) is 13.9. The van der Waals surface area contributed by atoms with Gasteiger partial charge in [0.05, 0.1) is 5.56 Å². The van der Waals surface area contributed by atoms with Gasteiger partial charge in [-0.2, -0.15) is 0 Å². The molecule has 0 aliphatic carbocycles. The first-order valence-corrected chi connectivity index (χ1v) is 6.08. The Morgan fingerprint density at radius 3 is 2.55 bits per heavy atom. The Morgan fingerprint density at radius 1 is 1.35 bits per heavy atom. The number of urea groups is 1. The van der Waals surface area contributed by atoms with Crippen LogP contribution >= 0.6 is 0 Å². The molecule has 1 aromatic rings. The maximum Gasteiger partial charge on any atom is 0.338 e. The summed E-state index contributed by atoms with van der Waals surface area (Å²) in [5, 5.41) is 11.6. The molecule has 2 rings (SSSR count). The molecule has 0 unspecified atom stereocenters. The van der Waals surface area contributed by atoms with Gasteiger partial charge < -0.3 is 15.2 Å². The van der Waals surface area contributed by atoms with E-state index in [0.717, 1.165) is 4.90 Å². The largest absolute Gasteiger partial charge is 0.508 e. The molecule has 0 saturated carbocycles. The number of rotatable bonds is 3. The molecular formula is C13H14N2O5. The zero-order valence-corrected chi connectivity index (χ0v) is 10.8. The Morgan fingerprint density at radius 2 is 2.00 bits per heavy atom. The number of esters is 1. The lowest BCUT2D eigenvalue weighted by molar-refractivity contribution is -0.136. The van der Waals surface area contributed by atoms with Gasteiger partial charge in [-0.05, 0) is 31.2 Å². The molecular weight excluding hydrogens is 264 g/mol. The Kier molecular flexibility index (Phi) is 3.88. The number of aromatic hydroxyl groups is 1. The Balaban J connectivity index is 1.98. The summed E-state index contributed by atoms with van der Waals surface area (Å²) in [6.45, 7) is 2.06. The van der Waals surface area contributed by atoms with Gasteiger partial charge in [0.1, 0.15) is 5.75 Å². The van der Waals surface area contributed by atoms with Crippen LogP contribution in [0.2, 0.25) is 0 Å². The lowest BCUT2D eigenvalue weighted by Gasteiger charge is -2.18. The van der Waals surface area contributed by atoms with Crippen LogP contribution in [0.3, 0.4) is 0 Å². The zero-order chi connectivity index (χ0) is 14.7. The predicted octanol–water partition coefficient (Wildman–Crippen LogP) is 0.489. The average Bonchev–Trinajstić information content (AvgIpc) is 2.84. The highest BCUT2D eigenvalue weighted by atomic mass is 16.5. The van der Waals surface area contributed by atoms with Crippen molar-refractivity contribution in [3.63, 3.8) is 0 Å². The molecule has 3 amide bonds. The van der Waals surface area contributed by atoms with Gasteiger partial charge in [-0.25, -0.2) is 9.59 Å². The molecule has 0 aromatic heterocycles. The third kappa shape index (κ3) is 2.87. The summed E-state index contributed by atoms with van der Waals surface area (Å²) >= 11 is 0. The number of nitrogens with one attached hydrogen (secondary N) is 1. The lowest BCUT2D eigenvalue weighted by atomic mass is 10.2. The normalized spacial score (nSPS) is 15.7. The molecule has 0 bridgehead atoms. The van der Waals surface area contributed by atoms with E-state index in [9.17, 15) is 14.4 Å². The van der Waals surface area contributed by atoms with Crippen molar-refractivity contribution >= 4 is 17.9 Å². The van der Waals surface area contributed by atoms with Crippen molar-refractivity contribution in [3.05, 3.63) is 29.8 Å². The predicted molar refractivity (Wildman–Crippen MR) is 68.1 cm³/mol. The van der Waals surface area contributed by atoms with E-state index < -0.39 is 24.0 Å². The van der Waals surface area contributed by atoms with Crippen molar-refractivity contribution in [3.8, 4) is 5.75 Å². The van der Waals surface area contributed by atoms with Gasteiger partial charge in [0.2, 0.25) is 0 Å². The number of amides is 3. The minimum Gasteiger partial charge on any atom is -0.508 e. The molecule has 106 valence electrons. The van der Waals surface area contributed by atoms with Gasteiger partial charge in [-0.1, -0.05) is 0 Å². The van der Waals surface area contributed by atoms with Crippen molar-refractivity contribution in [1.29, 1.82) is 0 Å². The van der Waals surface area contributed by atoms with E-state index >= 15 is 0 Å². The highest BCUT2D eigenvalue weighted by Gasteiger charge is 2.31. The molecule has 1 aliphatic heterocycles. The van der Waals surface area contributed by atoms with Crippen molar-refractivity contribution in [1.82, 2.24) is 10.2 Å². The van der Waals surface area contributed by atoms with Gasteiger partial charge in [0, 0.05) is 13.1 Å². The highest BCUT2D eigenvalue weighted by Crippen LogP contribution is 2.12. The van der Waals surface area contributed by atoms with Crippen molar-refractivity contribution in [2.45, 2.75) is 13.0 Å². The fourth-order valence-corrected chi connectivity index (χ4v) is 1.78. The molecule has 1 aromatic carbocycles. The number of carbonyl (C=O) groups is 3. The fraction of sp³-hybridized carbons (Fsp3) is 0.308. The fourth-order valence-electron chi connectivity index (χ4n) is 1.78. The lowest BCUT2D eigenvalue weighted by Crippen LogP contribution is -2.41. The van der Waals surface area contributed by atoms with Crippen molar-refractivity contribution in [2.24, 2.45) is 0 Å². The first-order chi connectivity index (χ1) is 9.49. The summed E-state index contributed by atoms with van der Waals surface area (Å²) in [4.78, 5) is 36.1. The molecule has 1 atom stereocenters. The Labute approximate surface area is 115 Å². The van der Waals surface area contributed by atoms with E-state index in [-0.39, 0.29) is 17.9 Å². The molecule has 1 saturated heterocycles. The number of imide groups is 1. The SMILES string of the molecule is C[C@@H](OC(=O)c1ccc(O)cc1)C(=O)N1CCNC1=O. The van der Waals surface area contributed by atoms with Gasteiger partial charge in [0.15, 0.2) is 6.10 Å². The van der Waals surface area contributed by atoms with E-state index in [1.54, 1.807) is 0 Å². The molecule has 0 radical (unpaired) electrons. The summed E-state index contributed by atoms with van der Waals surface area (Å²) in [5.41, 5.74) is 0.216. The van der Waals surface area contributed by atoms with E-state index in [2.05, 4.69) is 5.32 Å². The second-order valence-corrected chi connectivity index (χ2v) is 4.32. The number of phenolic OH excluding ortho intramolecular Hbond substituents is 1. The monoisotopic (exact) mass is 278 g/mol. The van der Waals surface area contributed by atoms with E-state index in [1.807, 2.05) is 0 Å². The van der Waals surface area contributed by atoms with Gasteiger partial charge in [-0.3, -0.25) is 9.69 Å². The molecule has 2 N–H and O–H groups in total. The van der Waals surface area contributed by atoms with Crippen LogP contribution < -0.4 is 5.32 Å². The Bertz CT molecular complexity index is 540. The molecule has 0 spiro atoms. The molecule has 1 heterocycles. The molecule has 7 nitrogen and oxygen atoms in total. The van der Waals surface area contributed by atoms with Crippen LogP contribution in [0.25, 0.3) is 0 Å². The molecule has 1 aliphatic rings. The number of benzene rings is 1. The molecule has 7 heteroatoms. The quantitative estimate of drug-likeness (QED) is 0.784. The number of nitrogens with zero attached hydrogens (tertiary/aromatic N) is 1. The smallest absolute Gasteiger partial charge is 0.338 e. The maximum absolute atomic E-state index is 11.9. The first-order valence-electron chi connectivity index (χ1n) is 6.08. The summed E-state index contributed by atoms with van der Waals surface area (Å²) in [5.74, 6) is -1.23. The summed E-state index contributed by atoms with van der Waals surface area (Å²) in [7, 11) is 0. The van der Waals surface area contributed by atoms with E-state index in [1.165, 1.54) is 31.2 Å². The van der Waals surface area contributed by atoms with Crippen LogP contribution in [0.4, 0.5) is 4.79 Å². The van der Waals surface area contributed by atoms with E-state index in [4.69, 9.17) is 9.84 Å². The average molecular weight is 278 g/mol. The van der Waals surface area contributed by atoms with Crippen LogP contribution in [0.5, 0.6) is 5.75 Å². The zero-order valence-electron chi connectivity index (χ0n) is 10.8. The number of hydrogen-bond acceptors (Lipinski definition) is 5. The number of hydrogen-bond donors (Lipinski definition) is 2. The standard InChI is InChI=1S/C13H14N2O5/c1-8(11(17)15-7-6-14-13(15)19)20-12(18)9-2-4-10(16)5-3-9/h2-5,8,16H,6-7H2,1H3,(H,14,19)/t8-/m1/s1. The topological polar surface area (TPSA) is 95.9 Å². The van der Waals surface area contributed by atoms with Crippen molar-refractivity contribution < 1.29 is 24.2 Å². The maximum atomic E-state index is 11.9. The highest BCUT2D eigenvalue weighted by molar-refractivity contribution is 5.99. The number of phenols is 1. The summed E-state index contributed by atoms with van der Waals surface area (Å²) in [6, 6.07) is 4.98. The van der Waals surface area contributed by atoms with Gasteiger partial charge in [0.25, 0.3) is 5.91 Å². The van der Waals surface area contributed by atoms with Crippen LogP contribution in [-0.2, 0) is 9.53 Å². The van der Waals surface area contributed by atoms with Crippen LogP contribution in [0, 0.1) is 0 Å². The third-order valence-electron chi connectivity index (χ3n) is 2.86. The minimum atomic E-state index is -1.06. The van der Waals surface area contributed by atoms with Crippen LogP contribution in [0.1, 0.15) is 17.3 Å². The summed E-state index contributed by atoms with van der Waals surface area (Å²) in [6.07, 6.45) is -1.06. The second kappa shape index (κ2) is 5.60. The summed E-state index contributed by atoms with van der Waals surface area (Å²) < 4.78 is 5.01. The van der Waals surface area contributed by atoms with Crippen molar-refractivity contribution in [2.75, 3.05) is 13.1 Å². The minimum absolute atomic E-state index is 0.0272. The molecule has 20 heavy (non-hydrogen) atoms. The van der Waals surface area contributed by atoms with E-state index in [0.29, 0.717) is 6.54 Å². The molecule has 1 fully saturated rings. The number of ether oxygens (including phenoxy) is 1. The Hall–Kier alpha value is -2.57.